The van der Waals surface area contributed by atoms with Crippen molar-refractivity contribution in [3.05, 3.63) is 53.6 Å². The quantitative estimate of drug-likeness (QED) is 0.735. The lowest BCUT2D eigenvalue weighted by Crippen LogP contribution is -2.11. The van der Waals surface area contributed by atoms with Crippen LogP contribution in [0, 0.1) is 6.92 Å². The highest BCUT2D eigenvalue weighted by Gasteiger charge is 2.16. The minimum atomic E-state index is -0.138. The van der Waals surface area contributed by atoms with Crippen LogP contribution < -0.4 is 5.73 Å². The SMILES string of the molecule is Cc1c(Cl)cccc1C(N)c1cc(Br)c(Br)s1. The molecule has 0 spiro atoms. The molecule has 0 bridgehead atoms. The van der Waals surface area contributed by atoms with Gasteiger partial charge in [-0.3, -0.25) is 0 Å². The maximum Gasteiger partial charge on any atom is 0.0843 e. The molecule has 1 unspecified atom stereocenters. The standard InChI is InChI=1S/C12H10Br2ClNS/c1-6-7(3-2-4-9(6)15)11(16)10-5-8(13)12(14)17-10/h2-5,11H,16H2,1H3. The van der Waals surface area contributed by atoms with Gasteiger partial charge in [-0.25, -0.2) is 0 Å². The second kappa shape index (κ2) is 5.41. The van der Waals surface area contributed by atoms with Crippen LogP contribution in [0.15, 0.2) is 32.5 Å². The van der Waals surface area contributed by atoms with Crippen molar-refractivity contribution < 1.29 is 0 Å². The van der Waals surface area contributed by atoms with E-state index < -0.39 is 0 Å². The molecule has 2 aromatic rings. The van der Waals surface area contributed by atoms with Crippen molar-refractivity contribution in [1.29, 1.82) is 0 Å². The van der Waals surface area contributed by atoms with E-state index in [1.165, 1.54) is 0 Å². The van der Waals surface area contributed by atoms with E-state index in [1.807, 2.05) is 31.2 Å². The van der Waals surface area contributed by atoms with E-state index in [9.17, 15) is 0 Å². The van der Waals surface area contributed by atoms with Crippen molar-refractivity contribution in [2.24, 2.45) is 5.73 Å². The first-order valence-corrected chi connectivity index (χ1v) is 7.74. The lowest BCUT2D eigenvalue weighted by molar-refractivity contribution is 0.882. The van der Waals surface area contributed by atoms with Crippen LogP contribution in [0.4, 0.5) is 0 Å². The van der Waals surface area contributed by atoms with Gasteiger partial charge in [-0.1, -0.05) is 23.7 Å². The van der Waals surface area contributed by atoms with Crippen molar-refractivity contribution in [2.75, 3.05) is 0 Å². The van der Waals surface area contributed by atoms with Crippen molar-refractivity contribution in [3.8, 4) is 0 Å². The fourth-order valence-corrected chi connectivity index (χ4v) is 3.92. The first-order valence-electron chi connectivity index (χ1n) is 4.96. The fraction of sp³-hybridized carbons (Fsp3) is 0.167. The molecule has 2 N–H and O–H groups in total. The van der Waals surface area contributed by atoms with E-state index in [-0.39, 0.29) is 6.04 Å². The smallest absolute Gasteiger partial charge is 0.0843 e. The zero-order chi connectivity index (χ0) is 12.6. The summed E-state index contributed by atoms with van der Waals surface area (Å²) in [6, 6.07) is 7.74. The minimum Gasteiger partial charge on any atom is -0.320 e. The monoisotopic (exact) mass is 393 g/mol. The van der Waals surface area contributed by atoms with Gasteiger partial charge in [0, 0.05) is 14.4 Å². The Balaban J connectivity index is 2.43. The summed E-state index contributed by atoms with van der Waals surface area (Å²) in [7, 11) is 0. The summed E-state index contributed by atoms with van der Waals surface area (Å²) in [4.78, 5) is 1.11. The third-order valence-electron chi connectivity index (χ3n) is 2.62. The van der Waals surface area contributed by atoms with Gasteiger partial charge < -0.3 is 5.73 Å². The number of nitrogens with two attached hydrogens (primary N) is 1. The molecule has 90 valence electrons. The molecule has 0 amide bonds. The number of hydrogen-bond acceptors (Lipinski definition) is 2. The Morgan fingerprint density at radius 3 is 2.65 bits per heavy atom. The normalized spacial score (nSPS) is 12.8. The van der Waals surface area contributed by atoms with Crippen LogP contribution in [0.1, 0.15) is 22.0 Å². The summed E-state index contributed by atoms with van der Waals surface area (Å²) >= 11 is 14.7. The van der Waals surface area contributed by atoms with Gasteiger partial charge in [-0.15, -0.1) is 11.3 Å². The van der Waals surface area contributed by atoms with Gasteiger partial charge >= 0.3 is 0 Å². The minimum absolute atomic E-state index is 0.138. The van der Waals surface area contributed by atoms with Crippen LogP contribution >= 0.6 is 54.8 Å². The van der Waals surface area contributed by atoms with E-state index in [1.54, 1.807) is 11.3 Å². The highest BCUT2D eigenvalue weighted by Crippen LogP contribution is 2.37. The molecule has 2 rings (SSSR count). The molecular formula is C12H10Br2ClNS. The Bertz CT molecular complexity index is 534. The van der Waals surface area contributed by atoms with Crippen molar-refractivity contribution in [2.45, 2.75) is 13.0 Å². The maximum atomic E-state index is 6.28. The molecule has 0 saturated carbocycles. The lowest BCUT2D eigenvalue weighted by atomic mass is 10.0. The Morgan fingerprint density at radius 1 is 1.35 bits per heavy atom. The molecule has 0 saturated heterocycles. The topological polar surface area (TPSA) is 26.0 Å². The van der Waals surface area contributed by atoms with Crippen molar-refractivity contribution in [3.63, 3.8) is 0 Å². The molecule has 0 fully saturated rings. The highest BCUT2D eigenvalue weighted by molar-refractivity contribution is 9.13. The van der Waals surface area contributed by atoms with E-state index in [4.69, 9.17) is 17.3 Å². The molecular weight excluding hydrogens is 385 g/mol. The van der Waals surface area contributed by atoms with Gasteiger partial charge in [0.1, 0.15) is 0 Å². The first kappa shape index (κ1) is 13.6. The number of hydrogen-bond donors (Lipinski definition) is 1. The highest BCUT2D eigenvalue weighted by atomic mass is 79.9. The Hall–Kier alpha value is 0.130. The molecule has 1 aromatic heterocycles. The van der Waals surface area contributed by atoms with Crippen LogP contribution in [-0.4, -0.2) is 0 Å². The van der Waals surface area contributed by atoms with E-state index in [0.29, 0.717) is 0 Å². The van der Waals surface area contributed by atoms with Gasteiger partial charge in [-0.2, -0.15) is 0 Å². The molecule has 1 nitrogen and oxygen atoms in total. The molecule has 0 aliphatic heterocycles. The van der Waals surface area contributed by atoms with Gasteiger partial charge in [-0.05, 0) is 62.0 Å². The van der Waals surface area contributed by atoms with Crippen LogP contribution in [0.5, 0.6) is 0 Å². The number of halogens is 3. The zero-order valence-electron chi connectivity index (χ0n) is 9.01. The van der Waals surface area contributed by atoms with Crippen LogP contribution in [0.3, 0.4) is 0 Å². The van der Waals surface area contributed by atoms with E-state index >= 15 is 0 Å². The average Bonchev–Trinajstić information content (AvgIpc) is 2.62. The third-order valence-corrected chi connectivity index (χ3v) is 6.36. The third kappa shape index (κ3) is 2.76. The summed E-state index contributed by atoms with van der Waals surface area (Å²) in [6.07, 6.45) is 0. The van der Waals surface area contributed by atoms with Crippen molar-refractivity contribution >= 4 is 54.8 Å². The molecule has 1 aromatic carbocycles. The molecule has 1 heterocycles. The summed E-state index contributed by atoms with van der Waals surface area (Å²) in [5.41, 5.74) is 8.39. The largest absolute Gasteiger partial charge is 0.320 e. The lowest BCUT2D eigenvalue weighted by Gasteiger charge is -2.13. The second-order valence-corrected chi connectivity index (χ2v) is 7.37. The predicted molar refractivity (Wildman–Crippen MR) is 81.9 cm³/mol. The molecule has 0 aliphatic carbocycles. The average molecular weight is 396 g/mol. The number of thiophene rings is 1. The Labute approximate surface area is 126 Å². The summed E-state index contributed by atoms with van der Waals surface area (Å²) < 4.78 is 2.09. The van der Waals surface area contributed by atoms with Crippen LogP contribution in [0.2, 0.25) is 5.02 Å². The van der Waals surface area contributed by atoms with Gasteiger partial charge in [0.2, 0.25) is 0 Å². The van der Waals surface area contributed by atoms with E-state index in [0.717, 1.165) is 29.3 Å². The summed E-state index contributed by atoms with van der Waals surface area (Å²) in [6.45, 7) is 2.00. The molecule has 1 atom stereocenters. The summed E-state index contributed by atoms with van der Waals surface area (Å²) in [5.74, 6) is 0. The Morgan fingerprint density at radius 2 is 2.06 bits per heavy atom. The van der Waals surface area contributed by atoms with Gasteiger partial charge in [0.15, 0.2) is 0 Å². The maximum absolute atomic E-state index is 6.28. The van der Waals surface area contributed by atoms with Gasteiger partial charge in [0.25, 0.3) is 0 Å². The number of benzene rings is 1. The van der Waals surface area contributed by atoms with Crippen molar-refractivity contribution in [1.82, 2.24) is 0 Å². The fourth-order valence-electron chi connectivity index (χ4n) is 1.63. The molecule has 0 aliphatic rings. The predicted octanol–water partition coefficient (Wildman–Crippen LogP) is 5.28. The second-order valence-electron chi connectivity index (χ2n) is 3.70. The molecule has 0 radical (unpaired) electrons. The number of rotatable bonds is 2. The zero-order valence-corrected chi connectivity index (χ0v) is 13.8. The van der Waals surface area contributed by atoms with Gasteiger partial charge in [0.05, 0.1) is 9.83 Å². The Kier molecular flexibility index (Phi) is 4.31. The first-order chi connectivity index (χ1) is 8.00. The molecule has 17 heavy (non-hydrogen) atoms. The summed E-state index contributed by atoms with van der Waals surface area (Å²) in [5, 5.41) is 0.757. The van der Waals surface area contributed by atoms with Crippen LogP contribution in [-0.2, 0) is 0 Å². The molecule has 5 heteroatoms. The van der Waals surface area contributed by atoms with E-state index in [2.05, 4.69) is 31.9 Å². The van der Waals surface area contributed by atoms with Crippen LogP contribution in [0.25, 0.3) is 0 Å².